The second-order valence-corrected chi connectivity index (χ2v) is 8.95. The number of nitro groups is 1. The molecule has 0 aliphatic carbocycles. The molecule has 34 heavy (non-hydrogen) atoms. The van der Waals surface area contributed by atoms with Gasteiger partial charge in [-0.2, -0.15) is 13.7 Å². The maximum absolute atomic E-state index is 12.7. The van der Waals surface area contributed by atoms with E-state index in [9.17, 15) is 28.6 Å². The molecule has 172 valence electrons. The van der Waals surface area contributed by atoms with Crippen LogP contribution in [-0.4, -0.2) is 19.2 Å². The van der Waals surface area contributed by atoms with Gasteiger partial charge in [0.05, 0.1) is 4.92 Å². The third kappa shape index (κ3) is 5.98. The summed E-state index contributed by atoms with van der Waals surface area (Å²) in [5.41, 5.74) is 0.375. The lowest BCUT2D eigenvalue weighted by Gasteiger charge is -2.11. The molecule has 0 aliphatic rings. The number of benzene rings is 3. The molecule has 9 nitrogen and oxygen atoms in total. The van der Waals surface area contributed by atoms with E-state index in [2.05, 4.69) is 5.32 Å². The van der Waals surface area contributed by atoms with E-state index in [4.69, 9.17) is 15.8 Å². The van der Waals surface area contributed by atoms with Gasteiger partial charge in [-0.25, -0.2) is 0 Å². The minimum atomic E-state index is -4.21. The third-order valence-electron chi connectivity index (χ3n) is 4.46. The number of nitro benzene ring substituents is 1. The normalized spacial score (nSPS) is 11.4. The molecule has 0 radical (unpaired) electrons. The molecule has 0 aliphatic heterocycles. The van der Waals surface area contributed by atoms with Crippen LogP contribution < -0.4 is 9.50 Å². The number of hydrogen-bond acceptors (Lipinski definition) is 7. The van der Waals surface area contributed by atoms with Gasteiger partial charge in [0.2, 0.25) is 0 Å². The average molecular weight is 498 g/mol. The number of carbonyl (C=O) groups is 1. The first kappa shape index (κ1) is 24.4. The number of hydrogen-bond donors (Lipinski definition) is 1. The largest absolute Gasteiger partial charge is 0.378 e. The van der Waals surface area contributed by atoms with Gasteiger partial charge in [0.25, 0.3) is 11.6 Å². The van der Waals surface area contributed by atoms with E-state index in [1.54, 1.807) is 18.2 Å². The van der Waals surface area contributed by atoms with Crippen LogP contribution in [0, 0.1) is 28.4 Å². The molecule has 0 bridgehead atoms. The van der Waals surface area contributed by atoms with Crippen molar-refractivity contribution in [3.05, 3.63) is 98.6 Å². The van der Waals surface area contributed by atoms with Crippen LogP contribution in [0.1, 0.15) is 11.1 Å². The summed E-state index contributed by atoms with van der Waals surface area (Å²) in [5.74, 6) is -1.02. The Labute approximate surface area is 200 Å². The summed E-state index contributed by atoms with van der Waals surface area (Å²) in [6.07, 6.45) is 1.11. The number of nitrogens with zero attached hydrogens (tertiary/aromatic N) is 2. The van der Waals surface area contributed by atoms with Crippen molar-refractivity contribution < 1.29 is 22.3 Å². The molecule has 0 saturated heterocycles. The molecule has 0 unspecified atom stereocenters. The van der Waals surface area contributed by atoms with Crippen LogP contribution in [0.5, 0.6) is 5.75 Å². The van der Waals surface area contributed by atoms with Crippen molar-refractivity contribution in [2.24, 2.45) is 0 Å². The SMILES string of the molecule is Cc1ccc(S(=O)(=O)Oc2ccc(Cl)cc2/C=C(\C#N)C(=O)Nc2cccc([N+](=O)[O-])c2)cc1. The Balaban J connectivity index is 1.93. The zero-order valence-electron chi connectivity index (χ0n) is 17.6. The minimum absolute atomic E-state index is 0.0638. The Hall–Kier alpha value is -4.20. The predicted molar refractivity (Wildman–Crippen MR) is 126 cm³/mol. The summed E-state index contributed by atoms with van der Waals surface area (Å²) in [4.78, 5) is 22.8. The van der Waals surface area contributed by atoms with E-state index in [1.807, 2.05) is 6.92 Å². The number of aryl methyl sites for hydroxylation is 1. The molecule has 11 heteroatoms. The van der Waals surface area contributed by atoms with Gasteiger partial charge < -0.3 is 9.50 Å². The predicted octanol–water partition coefficient (Wildman–Crippen LogP) is 4.87. The second-order valence-electron chi connectivity index (χ2n) is 6.96. The molecule has 3 aromatic rings. The second kappa shape index (κ2) is 10.2. The van der Waals surface area contributed by atoms with Crippen LogP contribution in [0.4, 0.5) is 11.4 Å². The molecule has 0 aromatic heterocycles. The van der Waals surface area contributed by atoms with Crippen LogP contribution in [-0.2, 0) is 14.9 Å². The fourth-order valence-electron chi connectivity index (χ4n) is 2.78. The molecular formula is C23H16ClN3O6S. The highest BCUT2D eigenvalue weighted by atomic mass is 35.5. The summed E-state index contributed by atoms with van der Waals surface area (Å²) < 4.78 is 30.6. The average Bonchev–Trinajstić information content (AvgIpc) is 2.79. The van der Waals surface area contributed by atoms with E-state index in [0.29, 0.717) is 0 Å². The van der Waals surface area contributed by atoms with Gasteiger partial charge in [0.15, 0.2) is 0 Å². The fraction of sp³-hybridized carbons (Fsp3) is 0.0435. The minimum Gasteiger partial charge on any atom is -0.378 e. The van der Waals surface area contributed by atoms with Crippen LogP contribution >= 0.6 is 11.6 Å². The summed E-state index contributed by atoms with van der Waals surface area (Å²) >= 11 is 6.02. The smallest absolute Gasteiger partial charge is 0.339 e. The Kier molecular flexibility index (Phi) is 7.31. The molecule has 1 N–H and O–H groups in total. The topological polar surface area (TPSA) is 139 Å². The van der Waals surface area contributed by atoms with Gasteiger partial charge in [-0.15, -0.1) is 0 Å². The number of anilines is 1. The van der Waals surface area contributed by atoms with Crippen molar-refractivity contribution in [1.29, 1.82) is 5.26 Å². The van der Waals surface area contributed by atoms with Gasteiger partial charge in [0, 0.05) is 28.4 Å². The Morgan fingerprint density at radius 3 is 2.50 bits per heavy atom. The highest BCUT2D eigenvalue weighted by Gasteiger charge is 2.20. The van der Waals surface area contributed by atoms with Gasteiger partial charge >= 0.3 is 10.1 Å². The number of rotatable bonds is 7. The van der Waals surface area contributed by atoms with Crippen molar-refractivity contribution in [3.8, 4) is 11.8 Å². The van der Waals surface area contributed by atoms with Crippen LogP contribution in [0.2, 0.25) is 5.02 Å². The maximum Gasteiger partial charge on any atom is 0.339 e. The number of amides is 1. The molecule has 3 aromatic carbocycles. The maximum atomic E-state index is 12.7. The van der Waals surface area contributed by atoms with Crippen molar-refractivity contribution in [3.63, 3.8) is 0 Å². The first-order valence-electron chi connectivity index (χ1n) is 9.57. The highest BCUT2D eigenvalue weighted by Crippen LogP contribution is 2.29. The quantitative estimate of drug-likeness (QED) is 0.161. The van der Waals surface area contributed by atoms with Crippen molar-refractivity contribution in [1.82, 2.24) is 0 Å². The molecule has 0 atom stereocenters. The Morgan fingerprint density at radius 2 is 1.85 bits per heavy atom. The summed E-state index contributed by atoms with van der Waals surface area (Å²) in [6.45, 7) is 1.81. The molecule has 0 heterocycles. The van der Waals surface area contributed by atoms with Crippen LogP contribution in [0.3, 0.4) is 0 Å². The van der Waals surface area contributed by atoms with Crippen LogP contribution in [0.25, 0.3) is 6.08 Å². The number of non-ortho nitro benzene ring substituents is 1. The molecule has 1 amide bonds. The molecule has 0 fully saturated rings. The lowest BCUT2D eigenvalue weighted by Crippen LogP contribution is -2.14. The van der Waals surface area contributed by atoms with E-state index >= 15 is 0 Å². The first-order valence-corrected chi connectivity index (χ1v) is 11.4. The standard InChI is InChI=1S/C23H16ClN3O6S/c1-15-5-8-21(9-6-15)34(31,32)33-22-10-7-18(24)12-16(22)11-17(14-25)23(28)26-19-3-2-4-20(13-19)27(29)30/h2-13H,1H3,(H,26,28)/b17-11+. The van der Waals surface area contributed by atoms with Gasteiger partial charge in [-0.05, 0) is 49.4 Å². The number of halogens is 1. The monoisotopic (exact) mass is 497 g/mol. The molecule has 3 rings (SSSR count). The summed E-state index contributed by atoms with van der Waals surface area (Å²) in [6, 6.07) is 16.9. The number of nitriles is 1. The zero-order chi connectivity index (χ0) is 24.9. The number of carbonyl (C=O) groups excluding carboxylic acids is 1. The third-order valence-corrected chi connectivity index (χ3v) is 5.94. The van der Waals surface area contributed by atoms with Crippen molar-refractivity contribution in [2.45, 2.75) is 11.8 Å². The fourth-order valence-corrected chi connectivity index (χ4v) is 3.91. The molecule has 0 spiro atoms. The lowest BCUT2D eigenvalue weighted by molar-refractivity contribution is -0.384. The lowest BCUT2D eigenvalue weighted by atomic mass is 10.1. The summed E-state index contributed by atoms with van der Waals surface area (Å²) in [5, 5.41) is 23.0. The van der Waals surface area contributed by atoms with Gasteiger partial charge in [0.1, 0.15) is 22.3 Å². The molecular weight excluding hydrogens is 482 g/mol. The van der Waals surface area contributed by atoms with E-state index in [-0.39, 0.29) is 32.6 Å². The Morgan fingerprint density at radius 1 is 1.15 bits per heavy atom. The van der Waals surface area contributed by atoms with Gasteiger partial charge in [-0.1, -0.05) is 35.4 Å². The van der Waals surface area contributed by atoms with Crippen molar-refractivity contribution in [2.75, 3.05) is 5.32 Å². The number of nitrogens with one attached hydrogen (secondary N) is 1. The van der Waals surface area contributed by atoms with E-state index in [0.717, 1.165) is 17.7 Å². The van der Waals surface area contributed by atoms with E-state index in [1.165, 1.54) is 48.5 Å². The van der Waals surface area contributed by atoms with Crippen LogP contribution in [0.15, 0.2) is 77.2 Å². The zero-order valence-corrected chi connectivity index (χ0v) is 19.1. The first-order chi connectivity index (χ1) is 16.1. The molecule has 0 saturated carbocycles. The van der Waals surface area contributed by atoms with E-state index < -0.39 is 26.5 Å². The van der Waals surface area contributed by atoms with Gasteiger partial charge in [-0.3, -0.25) is 14.9 Å². The highest BCUT2D eigenvalue weighted by molar-refractivity contribution is 7.87. The Bertz CT molecular complexity index is 1440. The van der Waals surface area contributed by atoms with Crippen molar-refractivity contribution >= 4 is 45.1 Å². The summed E-state index contributed by atoms with van der Waals surface area (Å²) in [7, 11) is -4.21.